The molecule has 0 radical (unpaired) electrons. The number of hydrogen-bond donors (Lipinski definition) is 1. The van der Waals surface area contributed by atoms with Crippen LogP contribution in [0.1, 0.15) is 6.04 Å². The minimum atomic E-state index is -3.31. The number of imidazole rings is 1. The average Bonchev–Trinajstić information content (AvgIpc) is 3.15. The fourth-order valence-electron chi connectivity index (χ4n) is 2.92. The summed E-state index contributed by atoms with van der Waals surface area (Å²) in [5.41, 5.74) is 0.779. The summed E-state index contributed by atoms with van der Waals surface area (Å²) < 4.78 is 33.2. The Balaban J connectivity index is 1.91. The summed E-state index contributed by atoms with van der Waals surface area (Å²) in [4.78, 5) is 4.37. The molecule has 1 N–H and O–H groups in total. The molecule has 1 aliphatic rings. The number of aromatic hydroxyl groups is 1. The summed E-state index contributed by atoms with van der Waals surface area (Å²) in [6, 6.07) is 6.74. The van der Waals surface area contributed by atoms with Crippen molar-refractivity contribution in [1.29, 1.82) is 0 Å². The highest BCUT2D eigenvalue weighted by atomic mass is 32.2. The van der Waals surface area contributed by atoms with Crippen LogP contribution in [0.25, 0.3) is 11.4 Å². The van der Waals surface area contributed by atoms with Crippen molar-refractivity contribution < 1.29 is 18.3 Å². The zero-order valence-corrected chi connectivity index (χ0v) is 14.5. The molecule has 1 saturated heterocycles. The molecule has 1 aromatic heterocycles. The van der Waals surface area contributed by atoms with Crippen molar-refractivity contribution in [3.05, 3.63) is 36.7 Å². The largest absolute Gasteiger partial charge is 0.508 e. The number of sulfonamides is 1. The summed E-state index contributed by atoms with van der Waals surface area (Å²) >= 11 is 0. The van der Waals surface area contributed by atoms with E-state index in [0.29, 0.717) is 19.0 Å². The van der Waals surface area contributed by atoms with Gasteiger partial charge in [-0.3, -0.25) is 0 Å². The van der Waals surface area contributed by atoms with Gasteiger partial charge in [0.1, 0.15) is 11.6 Å². The van der Waals surface area contributed by atoms with E-state index in [1.807, 2.05) is 16.8 Å². The minimum absolute atomic E-state index is 0.0301. The third kappa shape index (κ3) is 3.31. The van der Waals surface area contributed by atoms with Crippen LogP contribution < -0.4 is 0 Å². The van der Waals surface area contributed by atoms with E-state index in [4.69, 9.17) is 4.74 Å². The summed E-state index contributed by atoms with van der Waals surface area (Å²) in [5.74, 6) is 0.732. The van der Waals surface area contributed by atoms with Crippen LogP contribution in [0.15, 0.2) is 36.7 Å². The maximum absolute atomic E-state index is 12.2. The zero-order chi connectivity index (χ0) is 17.3. The predicted octanol–water partition coefficient (Wildman–Crippen LogP) is 1.33. The van der Waals surface area contributed by atoms with Crippen molar-refractivity contribution in [3.8, 4) is 17.1 Å². The molecule has 8 heteroatoms. The first kappa shape index (κ1) is 16.9. The molecule has 0 unspecified atom stereocenters. The van der Waals surface area contributed by atoms with E-state index < -0.39 is 10.0 Å². The Morgan fingerprint density at radius 2 is 2.17 bits per heavy atom. The molecule has 0 spiro atoms. The standard InChI is InChI=1S/C16H21N3O4S/c1-18(2)24(21,22)11-13-9-23-10-15(13)19-7-6-17-16(19)12-4-3-5-14(20)8-12/h3-8,13,15,20H,9-11H2,1-2H3/t13-,15-/m1/s1. The van der Waals surface area contributed by atoms with Crippen molar-refractivity contribution in [2.45, 2.75) is 6.04 Å². The van der Waals surface area contributed by atoms with Gasteiger partial charge in [-0.2, -0.15) is 0 Å². The highest BCUT2D eigenvalue weighted by Crippen LogP contribution is 2.32. The lowest BCUT2D eigenvalue weighted by atomic mass is 10.1. The number of benzene rings is 1. The van der Waals surface area contributed by atoms with Gasteiger partial charge in [0.2, 0.25) is 10.0 Å². The smallest absolute Gasteiger partial charge is 0.214 e. The minimum Gasteiger partial charge on any atom is -0.508 e. The second-order valence-corrected chi connectivity index (χ2v) is 8.36. The Labute approximate surface area is 141 Å². The molecule has 7 nitrogen and oxygen atoms in total. The SMILES string of the molecule is CN(C)S(=O)(=O)C[C@H]1COC[C@H]1n1ccnc1-c1cccc(O)c1. The third-order valence-corrected chi connectivity index (χ3v) is 6.24. The maximum Gasteiger partial charge on any atom is 0.214 e. The van der Waals surface area contributed by atoms with E-state index in [2.05, 4.69) is 4.98 Å². The van der Waals surface area contributed by atoms with Gasteiger partial charge in [-0.1, -0.05) is 12.1 Å². The number of nitrogens with zero attached hydrogens (tertiary/aromatic N) is 3. The van der Waals surface area contributed by atoms with Crippen LogP contribution in [0.3, 0.4) is 0 Å². The van der Waals surface area contributed by atoms with Gasteiger partial charge in [-0.15, -0.1) is 0 Å². The molecule has 0 aliphatic carbocycles. The summed E-state index contributed by atoms with van der Waals surface area (Å²) in [7, 11) is -0.236. The van der Waals surface area contributed by atoms with Crippen LogP contribution in [-0.4, -0.2) is 60.4 Å². The first-order valence-electron chi connectivity index (χ1n) is 7.68. The Hall–Kier alpha value is -1.90. The van der Waals surface area contributed by atoms with Crippen molar-refractivity contribution in [2.75, 3.05) is 33.1 Å². The highest BCUT2D eigenvalue weighted by molar-refractivity contribution is 7.89. The molecular weight excluding hydrogens is 330 g/mol. The summed E-state index contributed by atoms with van der Waals surface area (Å²) in [6.45, 7) is 0.838. The Kier molecular flexibility index (Phi) is 4.62. The fraction of sp³-hybridized carbons (Fsp3) is 0.438. The molecule has 0 amide bonds. The molecule has 2 aromatic rings. The van der Waals surface area contributed by atoms with E-state index >= 15 is 0 Å². The van der Waals surface area contributed by atoms with Crippen LogP contribution in [-0.2, 0) is 14.8 Å². The van der Waals surface area contributed by atoms with Gasteiger partial charge in [0.15, 0.2) is 0 Å². The van der Waals surface area contributed by atoms with E-state index in [1.165, 1.54) is 18.4 Å². The molecule has 130 valence electrons. The van der Waals surface area contributed by atoms with Crippen molar-refractivity contribution in [3.63, 3.8) is 0 Å². The molecule has 1 aliphatic heterocycles. The molecule has 24 heavy (non-hydrogen) atoms. The average molecular weight is 351 g/mol. The highest BCUT2D eigenvalue weighted by Gasteiger charge is 2.35. The van der Waals surface area contributed by atoms with Crippen LogP contribution in [0, 0.1) is 5.92 Å². The monoisotopic (exact) mass is 351 g/mol. The van der Waals surface area contributed by atoms with Gasteiger partial charge in [-0.25, -0.2) is 17.7 Å². The summed E-state index contributed by atoms with van der Waals surface area (Å²) in [5, 5.41) is 9.69. The van der Waals surface area contributed by atoms with Gasteiger partial charge < -0.3 is 14.4 Å². The summed E-state index contributed by atoms with van der Waals surface area (Å²) in [6.07, 6.45) is 3.50. The Morgan fingerprint density at radius 1 is 1.38 bits per heavy atom. The third-order valence-electron chi connectivity index (χ3n) is 4.28. The lowest BCUT2D eigenvalue weighted by Crippen LogP contribution is -2.32. The lowest BCUT2D eigenvalue weighted by Gasteiger charge is -2.22. The Bertz CT molecular complexity index is 816. The quantitative estimate of drug-likeness (QED) is 0.879. The van der Waals surface area contributed by atoms with Crippen LogP contribution >= 0.6 is 0 Å². The van der Waals surface area contributed by atoms with E-state index in [9.17, 15) is 13.5 Å². The first-order chi connectivity index (χ1) is 11.4. The molecule has 0 bridgehead atoms. The number of ether oxygens (including phenoxy) is 1. The number of phenolic OH excluding ortho intramolecular Hbond substituents is 1. The van der Waals surface area contributed by atoms with Gasteiger partial charge in [0.25, 0.3) is 0 Å². The molecule has 2 heterocycles. The van der Waals surface area contributed by atoms with Gasteiger partial charge >= 0.3 is 0 Å². The van der Waals surface area contributed by atoms with Crippen LogP contribution in [0.2, 0.25) is 0 Å². The molecule has 3 rings (SSSR count). The molecule has 1 fully saturated rings. The van der Waals surface area contributed by atoms with Gasteiger partial charge in [0.05, 0.1) is 25.0 Å². The first-order valence-corrected chi connectivity index (χ1v) is 9.29. The molecule has 1 aromatic carbocycles. The van der Waals surface area contributed by atoms with Gasteiger partial charge in [0, 0.05) is 38.0 Å². The van der Waals surface area contributed by atoms with Crippen molar-refractivity contribution in [2.24, 2.45) is 5.92 Å². The normalized spacial score (nSPS) is 21.5. The van der Waals surface area contributed by atoms with Crippen LogP contribution in [0.4, 0.5) is 0 Å². The van der Waals surface area contributed by atoms with Gasteiger partial charge in [-0.05, 0) is 12.1 Å². The Morgan fingerprint density at radius 3 is 2.88 bits per heavy atom. The number of aromatic nitrogens is 2. The zero-order valence-electron chi connectivity index (χ0n) is 13.7. The second-order valence-electron chi connectivity index (χ2n) is 6.13. The topological polar surface area (TPSA) is 84.7 Å². The van der Waals surface area contributed by atoms with E-state index in [0.717, 1.165) is 5.56 Å². The molecule has 2 atom stereocenters. The lowest BCUT2D eigenvalue weighted by molar-refractivity contribution is 0.182. The van der Waals surface area contributed by atoms with Crippen LogP contribution in [0.5, 0.6) is 5.75 Å². The molecule has 0 saturated carbocycles. The number of rotatable bonds is 5. The fourth-order valence-corrected chi connectivity index (χ4v) is 4.08. The second kappa shape index (κ2) is 6.54. The number of phenols is 1. The predicted molar refractivity (Wildman–Crippen MR) is 90.1 cm³/mol. The van der Waals surface area contributed by atoms with E-state index in [1.54, 1.807) is 24.4 Å². The van der Waals surface area contributed by atoms with Crippen molar-refractivity contribution in [1.82, 2.24) is 13.9 Å². The van der Waals surface area contributed by atoms with Crippen molar-refractivity contribution >= 4 is 10.0 Å². The number of hydrogen-bond acceptors (Lipinski definition) is 5. The molecular formula is C16H21N3O4S. The maximum atomic E-state index is 12.2. The van der Waals surface area contributed by atoms with E-state index in [-0.39, 0.29) is 23.5 Å².